The average molecular weight is 675 g/mol. The number of rotatable bonds is 5. The molecule has 45 heavy (non-hydrogen) atoms. The Hall–Kier alpha value is -2.18. The Balaban J connectivity index is 0.000000309. The van der Waals surface area contributed by atoms with Crippen LogP contribution >= 0.6 is 11.8 Å². The van der Waals surface area contributed by atoms with Crippen molar-refractivity contribution in [2.45, 2.75) is 100 Å². The number of benzene rings is 2. The maximum absolute atomic E-state index is 13.1. The van der Waals surface area contributed by atoms with Crippen molar-refractivity contribution in [3.63, 3.8) is 0 Å². The summed E-state index contributed by atoms with van der Waals surface area (Å²) < 4.78 is 61.7. The van der Waals surface area contributed by atoms with Crippen LogP contribution in [0.15, 0.2) is 70.0 Å². The molecule has 4 aliphatic rings. The molecule has 11 heteroatoms. The number of amidine groups is 1. The first-order chi connectivity index (χ1) is 21.0. The summed E-state index contributed by atoms with van der Waals surface area (Å²) in [6, 6.07) is 13.0. The van der Waals surface area contributed by atoms with Gasteiger partial charge in [-0.25, -0.2) is 0 Å². The van der Waals surface area contributed by atoms with Crippen molar-refractivity contribution in [1.82, 2.24) is 0 Å². The average Bonchev–Trinajstić information content (AvgIpc) is 3.28. The van der Waals surface area contributed by atoms with E-state index >= 15 is 0 Å². The summed E-state index contributed by atoms with van der Waals surface area (Å²) in [5.41, 5.74) is 9.38. The summed E-state index contributed by atoms with van der Waals surface area (Å²) >= 11 is 1.53. The Kier molecular flexibility index (Phi) is 9.71. The fraction of sp³-hybridized carbons (Fsp3) is 0.559. The lowest BCUT2D eigenvalue weighted by Crippen LogP contribution is -2.51. The summed E-state index contributed by atoms with van der Waals surface area (Å²) in [7, 11) is -7.79. The molecule has 0 amide bonds. The van der Waals surface area contributed by atoms with E-state index in [1.165, 1.54) is 23.9 Å². The van der Waals surface area contributed by atoms with Crippen LogP contribution in [0.25, 0.3) is 0 Å². The molecule has 4 N–H and O–H groups in total. The largest absolute Gasteiger partial charge is 0.379 e. The minimum Gasteiger partial charge on any atom is -0.379 e. The standard InChI is InChI=1S/C27H38N2O3S2.C7H8O3S/c1-17-4-7-20(8-5-17)34(30,31)32-24-11-10-22-21-9-6-18-16-19(33-25(28)29)12-14-26(18,2)23(21)13-15-27(22,24)3;1-6-2-4-7(5-3-6)11(8,9)10/h4-8,19,21-24H,9-16H2,1-3H3,(H3,28,29);2-5H,1H3,(H,8,9,10). The van der Waals surface area contributed by atoms with Gasteiger partial charge in [-0.3, -0.25) is 14.1 Å². The molecule has 8 nitrogen and oxygen atoms in total. The Labute approximate surface area is 273 Å². The highest BCUT2D eigenvalue weighted by atomic mass is 32.2. The first-order valence-corrected chi connectivity index (χ1v) is 19.5. The van der Waals surface area contributed by atoms with Gasteiger partial charge >= 0.3 is 0 Å². The number of allylic oxidation sites excluding steroid dienone is 2. The molecule has 6 rings (SSSR count). The van der Waals surface area contributed by atoms with Gasteiger partial charge in [-0.05, 0) is 118 Å². The van der Waals surface area contributed by atoms with Crippen LogP contribution in [0.3, 0.4) is 0 Å². The van der Waals surface area contributed by atoms with E-state index in [0.717, 1.165) is 62.5 Å². The second kappa shape index (κ2) is 12.8. The van der Waals surface area contributed by atoms with Gasteiger partial charge in [0.1, 0.15) is 0 Å². The second-order valence-electron chi connectivity index (χ2n) is 13.9. The predicted octanol–water partition coefficient (Wildman–Crippen LogP) is 7.27. The third kappa shape index (κ3) is 7.07. The maximum Gasteiger partial charge on any atom is 0.297 e. The van der Waals surface area contributed by atoms with Crippen LogP contribution in [0.4, 0.5) is 0 Å². The Morgan fingerprint density at radius 3 is 2.07 bits per heavy atom. The van der Waals surface area contributed by atoms with E-state index in [1.54, 1.807) is 29.8 Å². The zero-order chi connectivity index (χ0) is 32.8. The quantitative estimate of drug-likeness (QED) is 0.0987. The van der Waals surface area contributed by atoms with E-state index in [2.05, 4.69) is 19.9 Å². The van der Waals surface area contributed by atoms with Crippen LogP contribution in [-0.2, 0) is 24.4 Å². The number of nitrogens with one attached hydrogen (secondary N) is 1. The molecule has 2 aromatic carbocycles. The van der Waals surface area contributed by atoms with Gasteiger partial charge in [0.25, 0.3) is 20.2 Å². The van der Waals surface area contributed by atoms with Gasteiger partial charge in [-0.2, -0.15) is 16.8 Å². The van der Waals surface area contributed by atoms with Crippen LogP contribution in [0.2, 0.25) is 0 Å². The Morgan fingerprint density at radius 1 is 0.889 bits per heavy atom. The van der Waals surface area contributed by atoms with Crippen LogP contribution < -0.4 is 5.73 Å². The summed E-state index contributed by atoms with van der Waals surface area (Å²) in [5.74, 6) is 1.75. The van der Waals surface area contributed by atoms with Gasteiger partial charge in [-0.1, -0.05) is 72.7 Å². The number of fused-ring (bicyclic) bond motifs is 5. The van der Waals surface area contributed by atoms with E-state index < -0.39 is 20.2 Å². The highest BCUT2D eigenvalue weighted by molar-refractivity contribution is 8.14. The third-order valence-electron chi connectivity index (χ3n) is 11.1. The molecular formula is C34H46N2O6S3. The van der Waals surface area contributed by atoms with Gasteiger partial charge in [0.05, 0.1) is 15.9 Å². The highest BCUT2D eigenvalue weighted by Crippen LogP contribution is 2.65. The second-order valence-corrected chi connectivity index (χ2v) is 18.2. The van der Waals surface area contributed by atoms with Gasteiger partial charge in [0.2, 0.25) is 0 Å². The topological polar surface area (TPSA) is 148 Å². The number of hydrogen-bond acceptors (Lipinski definition) is 7. The van der Waals surface area contributed by atoms with E-state index in [1.807, 2.05) is 26.0 Å². The third-order valence-corrected chi connectivity index (χ3v) is 14.3. The normalized spacial score (nSPS) is 32.6. The van der Waals surface area contributed by atoms with Gasteiger partial charge in [0, 0.05) is 5.25 Å². The van der Waals surface area contributed by atoms with Gasteiger partial charge in [-0.15, -0.1) is 0 Å². The lowest BCUT2D eigenvalue weighted by Gasteiger charge is -2.58. The number of nitrogens with two attached hydrogens (primary N) is 1. The highest BCUT2D eigenvalue weighted by Gasteiger charge is 2.59. The first-order valence-electron chi connectivity index (χ1n) is 15.8. The Morgan fingerprint density at radius 2 is 1.49 bits per heavy atom. The molecule has 246 valence electrons. The number of hydrogen-bond donors (Lipinski definition) is 3. The minimum atomic E-state index is -4.02. The lowest BCUT2D eigenvalue weighted by molar-refractivity contribution is -0.0576. The molecule has 0 aliphatic heterocycles. The van der Waals surface area contributed by atoms with Crippen molar-refractivity contribution in [2.75, 3.05) is 0 Å². The minimum absolute atomic E-state index is 0.0666. The van der Waals surface area contributed by atoms with Gasteiger partial charge in [0.15, 0.2) is 5.17 Å². The molecule has 0 bridgehead atoms. The molecule has 3 saturated carbocycles. The molecule has 0 spiro atoms. The van der Waals surface area contributed by atoms with Gasteiger partial charge < -0.3 is 5.73 Å². The summed E-state index contributed by atoms with van der Waals surface area (Å²) in [4.78, 5) is 0.194. The molecule has 2 aromatic rings. The van der Waals surface area contributed by atoms with Crippen LogP contribution in [0, 0.1) is 47.8 Å². The lowest BCUT2D eigenvalue weighted by atomic mass is 9.48. The molecule has 7 unspecified atom stereocenters. The van der Waals surface area contributed by atoms with Crippen molar-refractivity contribution in [3.8, 4) is 0 Å². The molecule has 0 heterocycles. The molecular weight excluding hydrogens is 629 g/mol. The zero-order valence-corrected chi connectivity index (χ0v) is 29.0. The van der Waals surface area contributed by atoms with Crippen molar-refractivity contribution in [2.24, 2.45) is 34.3 Å². The SMILES string of the molecule is Cc1ccc(S(=O)(=O)O)cc1.Cc1ccc(S(=O)(=O)OC2CCC3C4CC=C5CC(SC(=N)N)CCC5(C)C4CCC23C)cc1. The molecule has 0 radical (unpaired) electrons. The Bertz CT molecular complexity index is 1660. The monoisotopic (exact) mass is 674 g/mol. The van der Waals surface area contributed by atoms with E-state index in [0.29, 0.717) is 23.0 Å². The summed E-state index contributed by atoms with van der Waals surface area (Å²) in [6.45, 7) is 8.56. The van der Waals surface area contributed by atoms with E-state index in [4.69, 9.17) is 19.9 Å². The predicted molar refractivity (Wildman–Crippen MR) is 179 cm³/mol. The van der Waals surface area contributed by atoms with E-state index in [9.17, 15) is 16.8 Å². The molecule has 3 fully saturated rings. The fourth-order valence-corrected chi connectivity index (χ4v) is 11.2. The summed E-state index contributed by atoms with van der Waals surface area (Å²) in [5, 5.41) is 8.33. The zero-order valence-electron chi connectivity index (χ0n) is 26.5. The van der Waals surface area contributed by atoms with Crippen LogP contribution in [0.1, 0.15) is 76.3 Å². The van der Waals surface area contributed by atoms with Crippen molar-refractivity contribution in [3.05, 3.63) is 71.3 Å². The van der Waals surface area contributed by atoms with Crippen molar-refractivity contribution < 1.29 is 25.6 Å². The smallest absolute Gasteiger partial charge is 0.297 e. The molecule has 4 aliphatic carbocycles. The number of aryl methyl sites for hydroxylation is 2. The molecule has 7 atom stereocenters. The first kappa shape index (κ1) is 34.2. The van der Waals surface area contributed by atoms with Crippen molar-refractivity contribution >= 4 is 37.2 Å². The van der Waals surface area contributed by atoms with Crippen LogP contribution in [-0.4, -0.2) is 37.9 Å². The summed E-state index contributed by atoms with van der Waals surface area (Å²) in [6.07, 6.45) is 10.7. The van der Waals surface area contributed by atoms with Crippen LogP contribution in [0.5, 0.6) is 0 Å². The fourth-order valence-electron chi connectivity index (χ4n) is 8.64. The number of thioether (sulfide) groups is 1. The maximum atomic E-state index is 13.1. The molecule has 0 saturated heterocycles. The van der Waals surface area contributed by atoms with E-state index in [-0.39, 0.29) is 31.9 Å². The van der Waals surface area contributed by atoms with Crippen molar-refractivity contribution in [1.29, 1.82) is 5.41 Å². The molecule has 0 aromatic heterocycles.